The summed E-state index contributed by atoms with van der Waals surface area (Å²) in [4.78, 5) is 25.0. The van der Waals surface area contributed by atoms with Crippen molar-refractivity contribution in [2.75, 3.05) is 0 Å². The molecule has 0 saturated carbocycles. The van der Waals surface area contributed by atoms with E-state index in [2.05, 4.69) is 5.43 Å². The molecular weight excluding hydrogens is 324 g/mol. The number of rotatable bonds is 6. The fourth-order valence-corrected chi connectivity index (χ4v) is 2.70. The van der Waals surface area contributed by atoms with Gasteiger partial charge in [0.05, 0.1) is 5.54 Å². The SMILES string of the molecule is CC(C)(C)N(NC(=O)CCc1ccccc1)C(=O)CCc1ccccc1. The van der Waals surface area contributed by atoms with E-state index in [9.17, 15) is 9.59 Å². The molecule has 0 aliphatic carbocycles. The molecule has 2 rings (SSSR count). The highest BCUT2D eigenvalue weighted by atomic mass is 16.2. The maximum absolute atomic E-state index is 12.7. The molecule has 2 aromatic rings. The van der Waals surface area contributed by atoms with Crippen LogP contribution in [0.2, 0.25) is 0 Å². The molecule has 138 valence electrons. The average Bonchev–Trinajstić information content (AvgIpc) is 2.63. The second-order valence-corrected chi connectivity index (χ2v) is 7.41. The highest BCUT2D eigenvalue weighted by Crippen LogP contribution is 2.14. The molecule has 0 bridgehead atoms. The predicted molar refractivity (Wildman–Crippen MR) is 104 cm³/mol. The molecule has 4 heteroatoms. The second kappa shape index (κ2) is 9.18. The number of benzene rings is 2. The number of hydrazine groups is 1. The van der Waals surface area contributed by atoms with Crippen molar-refractivity contribution in [1.82, 2.24) is 10.4 Å². The Morgan fingerprint density at radius 1 is 0.808 bits per heavy atom. The number of carbonyl (C=O) groups excluding carboxylic acids is 2. The number of nitrogens with one attached hydrogen (secondary N) is 1. The highest BCUT2D eigenvalue weighted by Gasteiger charge is 2.27. The number of nitrogens with zero attached hydrogens (tertiary/aromatic N) is 1. The van der Waals surface area contributed by atoms with Gasteiger partial charge in [0, 0.05) is 12.8 Å². The lowest BCUT2D eigenvalue weighted by molar-refractivity contribution is -0.147. The van der Waals surface area contributed by atoms with Crippen LogP contribution in [0.15, 0.2) is 60.7 Å². The largest absolute Gasteiger partial charge is 0.273 e. The van der Waals surface area contributed by atoms with E-state index < -0.39 is 5.54 Å². The van der Waals surface area contributed by atoms with Crippen molar-refractivity contribution in [3.63, 3.8) is 0 Å². The predicted octanol–water partition coefficient (Wildman–Crippen LogP) is 3.91. The van der Waals surface area contributed by atoms with Gasteiger partial charge in [-0.1, -0.05) is 60.7 Å². The lowest BCUT2D eigenvalue weighted by atomic mass is 10.1. The lowest BCUT2D eigenvalue weighted by Crippen LogP contribution is -2.56. The zero-order chi connectivity index (χ0) is 19.0. The maximum atomic E-state index is 12.7. The van der Waals surface area contributed by atoms with Gasteiger partial charge in [-0.25, -0.2) is 5.01 Å². The van der Waals surface area contributed by atoms with Gasteiger partial charge >= 0.3 is 0 Å². The third-order valence-electron chi connectivity index (χ3n) is 4.11. The fraction of sp³-hybridized carbons (Fsp3) is 0.364. The molecule has 0 radical (unpaired) electrons. The summed E-state index contributed by atoms with van der Waals surface area (Å²) >= 11 is 0. The van der Waals surface area contributed by atoms with Gasteiger partial charge in [0.2, 0.25) is 11.8 Å². The molecule has 26 heavy (non-hydrogen) atoms. The molecule has 0 saturated heterocycles. The lowest BCUT2D eigenvalue weighted by Gasteiger charge is -2.35. The number of aryl methyl sites for hydroxylation is 2. The molecule has 0 aliphatic rings. The maximum Gasteiger partial charge on any atom is 0.241 e. The van der Waals surface area contributed by atoms with Gasteiger partial charge < -0.3 is 0 Å². The van der Waals surface area contributed by atoms with Crippen molar-refractivity contribution in [2.45, 2.75) is 52.0 Å². The number of hydrogen-bond acceptors (Lipinski definition) is 2. The summed E-state index contributed by atoms with van der Waals surface area (Å²) in [6.45, 7) is 5.76. The van der Waals surface area contributed by atoms with E-state index in [0.717, 1.165) is 11.1 Å². The van der Waals surface area contributed by atoms with Crippen molar-refractivity contribution in [3.8, 4) is 0 Å². The molecule has 2 amide bonds. The van der Waals surface area contributed by atoms with E-state index >= 15 is 0 Å². The molecule has 0 aromatic heterocycles. The van der Waals surface area contributed by atoms with Gasteiger partial charge in [0.15, 0.2) is 0 Å². The highest BCUT2D eigenvalue weighted by molar-refractivity contribution is 5.82. The molecular formula is C22H28N2O2. The third-order valence-corrected chi connectivity index (χ3v) is 4.11. The summed E-state index contributed by atoms with van der Waals surface area (Å²) in [7, 11) is 0. The zero-order valence-corrected chi connectivity index (χ0v) is 15.9. The Labute approximate surface area is 156 Å². The fourth-order valence-electron chi connectivity index (χ4n) is 2.70. The second-order valence-electron chi connectivity index (χ2n) is 7.41. The van der Waals surface area contributed by atoms with Crippen LogP contribution in [-0.2, 0) is 22.4 Å². The minimum Gasteiger partial charge on any atom is -0.273 e. The van der Waals surface area contributed by atoms with Gasteiger partial charge in [0.25, 0.3) is 0 Å². The Hall–Kier alpha value is -2.62. The summed E-state index contributed by atoms with van der Waals surface area (Å²) in [5.74, 6) is -0.216. The van der Waals surface area contributed by atoms with Crippen LogP contribution in [0.4, 0.5) is 0 Å². The van der Waals surface area contributed by atoms with E-state index in [1.165, 1.54) is 5.01 Å². The summed E-state index contributed by atoms with van der Waals surface area (Å²) in [5, 5.41) is 1.48. The normalized spacial score (nSPS) is 11.0. The zero-order valence-electron chi connectivity index (χ0n) is 15.9. The van der Waals surface area contributed by atoms with Crippen molar-refractivity contribution in [1.29, 1.82) is 0 Å². The minimum atomic E-state index is -0.476. The monoisotopic (exact) mass is 352 g/mol. The standard InChI is InChI=1S/C22H28N2O2/c1-22(2,3)24(21(26)17-15-19-12-8-5-9-13-19)23-20(25)16-14-18-10-6-4-7-11-18/h4-13H,14-17H2,1-3H3,(H,23,25). The quantitative estimate of drug-likeness (QED) is 0.801. The van der Waals surface area contributed by atoms with Crippen LogP contribution in [0, 0.1) is 0 Å². The molecule has 0 heterocycles. The first-order valence-corrected chi connectivity index (χ1v) is 9.06. The van der Waals surface area contributed by atoms with Gasteiger partial charge in [0.1, 0.15) is 0 Å². The van der Waals surface area contributed by atoms with Crippen LogP contribution in [0.5, 0.6) is 0 Å². The minimum absolute atomic E-state index is 0.0746. The van der Waals surface area contributed by atoms with Crippen LogP contribution in [-0.4, -0.2) is 22.4 Å². The number of amides is 2. The Balaban J connectivity index is 1.91. The van der Waals surface area contributed by atoms with Crippen molar-refractivity contribution in [2.24, 2.45) is 0 Å². The van der Waals surface area contributed by atoms with Crippen molar-refractivity contribution < 1.29 is 9.59 Å². The van der Waals surface area contributed by atoms with E-state index in [1.807, 2.05) is 81.4 Å². The van der Waals surface area contributed by atoms with Crippen LogP contribution in [0.1, 0.15) is 44.7 Å². The molecule has 2 aromatic carbocycles. The average molecular weight is 352 g/mol. The van der Waals surface area contributed by atoms with Crippen molar-refractivity contribution in [3.05, 3.63) is 71.8 Å². The summed E-state index contributed by atoms with van der Waals surface area (Å²) in [6, 6.07) is 19.8. The smallest absolute Gasteiger partial charge is 0.241 e. The van der Waals surface area contributed by atoms with E-state index in [1.54, 1.807) is 0 Å². The Bertz CT molecular complexity index is 706. The van der Waals surface area contributed by atoms with E-state index in [0.29, 0.717) is 25.7 Å². The summed E-state index contributed by atoms with van der Waals surface area (Å²) in [5.41, 5.74) is 4.56. The first-order chi connectivity index (χ1) is 12.4. The Kier molecular flexibility index (Phi) is 6.96. The molecule has 0 spiro atoms. The van der Waals surface area contributed by atoms with Crippen LogP contribution >= 0.6 is 0 Å². The molecule has 4 nitrogen and oxygen atoms in total. The first kappa shape index (κ1) is 19.7. The topological polar surface area (TPSA) is 49.4 Å². The number of hydrogen-bond donors (Lipinski definition) is 1. The van der Waals surface area contributed by atoms with Gasteiger partial charge in [-0.3, -0.25) is 15.0 Å². The van der Waals surface area contributed by atoms with Crippen LogP contribution < -0.4 is 5.43 Å². The van der Waals surface area contributed by atoms with Gasteiger partial charge in [-0.15, -0.1) is 0 Å². The summed E-state index contributed by atoms with van der Waals surface area (Å²) < 4.78 is 0. The first-order valence-electron chi connectivity index (χ1n) is 9.06. The number of carbonyl (C=O) groups is 2. The van der Waals surface area contributed by atoms with Gasteiger partial charge in [-0.05, 0) is 44.7 Å². The van der Waals surface area contributed by atoms with Gasteiger partial charge in [-0.2, -0.15) is 0 Å². The molecule has 1 N–H and O–H groups in total. The third kappa shape index (κ3) is 6.36. The van der Waals surface area contributed by atoms with E-state index in [-0.39, 0.29) is 11.8 Å². The molecule has 0 unspecified atom stereocenters. The Morgan fingerprint density at radius 3 is 1.73 bits per heavy atom. The molecule has 0 aliphatic heterocycles. The van der Waals surface area contributed by atoms with E-state index in [4.69, 9.17) is 0 Å². The Morgan fingerprint density at radius 2 is 1.27 bits per heavy atom. The van der Waals surface area contributed by atoms with Crippen molar-refractivity contribution >= 4 is 11.8 Å². The summed E-state index contributed by atoms with van der Waals surface area (Å²) in [6.07, 6.45) is 2.03. The molecule has 0 fully saturated rings. The van der Waals surface area contributed by atoms with Crippen LogP contribution in [0.25, 0.3) is 0 Å². The molecule has 0 atom stereocenters. The van der Waals surface area contributed by atoms with Crippen LogP contribution in [0.3, 0.4) is 0 Å².